The van der Waals surface area contributed by atoms with Crippen LogP contribution in [-0.4, -0.2) is 0 Å². The molecule has 0 unspecified atom stereocenters. The Labute approximate surface area is 116 Å². The molecule has 0 aliphatic carbocycles. The van der Waals surface area contributed by atoms with Crippen LogP contribution in [0.25, 0.3) is 0 Å². The normalized spacial score (nSPS) is 10.4. The summed E-state index contributed by atoms with van der Waals surface area (Å²) in [4.78, 5) is 0. The van der Waals surface area contributed by atoms with Gasteiger partial charge in [0.05, 0.1) is 0 Å². The van der Waals surface area contributed by atoms with Crippen molar-refractivity contribution in [3.8, 4) is 0 Å². The molecule has 2 rings (SSSR count). The third-order valence-corrected chi connectivity index (χ3v) is 3.07. The van der Waals surface area contributed by atoms with E-state index in [-0.39, 0.29) is 12.1 Å². The molecule has 0 fully saturated rings. The lowest BCUT2D eigenvalue weighted by Crippen LogP contribution is -2.03. The minimum atomic E-state index is -1.18. The first-order valence-corrected chi connectivity index (χ1v) is 6.27. The zero-order valence-electron chi connectivity index (χ0n) is 9.18. The van der Waals surface area contributed by atoms with Gasteiger partial charge < -0.3 is 5.32 Å². The van der Waals surface area contributed by atoms with Gasteiger partial charge >= 0.3 is 0 Å². The lowest BCUT2D eigenvalue weighted by molar-refractivity contribution is 0.490. The third kappa shape index (κ3) is 3.16. The van der Waals surface area contributed by atoms with Crippen molar-refractivity contribution < 1.29 is 13.2 Å². The van der Waals surface area contributed by atoms with E-state index < -0.39 is 17.5 Å². The summed E-state index contributed by atoms with van der Waals surface area (Å²) in [6.07, 6.45) is 0. The van der Waals surface area contributed by atoms with Gasteiger partial charge in [0.25, 0.3) is 0 Å². The molecular formula is C13H9F3IN. The van der Waals surface area contributed by atoms with Crippen molar-refractivity contribution in [3.63, 3.8) is 0 Å². The van der Waals surface area contributed by atoms with Gasteiger partial charge in [0, 0.05) is 27.4 Å². The van der Waals surface area contributed by atoms with E-state index in [0.29, 0.717) is 6.07 Å². The predicted octanol–water partition coefficient (Wildman–Crippen LogP) is 4.32. The van der Waals surface area contributed by atoms with E-state index in [1.54, 1.807) is 0 Å². The lowest BCUT2D eigenvalue weighted by Gasteiger charge is -2.08. The van der Waals surface area contributed by atoms with Crippen molar-refractivity contribution in [3.05, 3.63) is 63.0 Å². The Bertz CT molecular complexity index is 572. The van der Waals surface area contributed by atoms with Crippen LogP contribution in [0.4, 0.5) is 18.9 Å². The molecule has 0 aromatic heterocycles. The number of benzene rings is 2. The van der Waals surface area contributed by atoms with Gasteiger partial charge in [0.15, 0.2) is 11.6 Å². The number of nitrogens with one attached hydrogen (secondary N) is 1. The van der Waals surface area contributed by atoms with E-state index in [1.807, 2.05) is 24.3 Å². The smallest absolute Gasteiger partial charge is 0.161 e. The quantitative estimate of drug-likeness (QED) is 0.633. The molecule has 1 N–H and O–H groups in total. The van der Waals surface area contributed by atoms with E-state index >= 15 is 0 Å². The molecule has 0 bridgehead atoms. The summed E-state index contributed by atoms with van der Waals surface area (Å²) in [5, 5.41) is 2.96. The van der Waals surface area contributed by atoms with Crippen LogP contribution in [0.2, 0.25) is 0 Å². The SMILES string of the molecule is Fc1cc(F)c(CNc2cccc(I)c2)cc1F. The number of hydrogen-bond acceptors (Lipinski definition) is 1. The largest absolute Gasteiger partial charge is 0.381 e. The summed E-state index contributed by atoms with van der Waals surface area (Å²) in [7, 11) is 0. The van der Waals surface area contributed by atoms with Crippen LogP contribution < -0.4 is 5.32 Å². The molecule has 0 aliphatic rings. The molecule has 5 heteroatoms. The maximum Gasteiger partial charge on any atom is 0.161 e. The fourth-order valence-electron chi connectivity index (χ4n) is 1.49. The molecule has 1 nitrogen and oxygen atoms in total. The fraction of sp³-hybridized carbons (Fsp3) is 0.0769. The van der Waals surface area contributed by atoms with E-state index in [1.165, 1.54) is 0 Å². The minimum absolute atomic E-state index is 0.0905. The van der Waals surface area contributed by atoms with Crippen molar-refractivity contribution in [2.75, 3.05) is 5.32 Å². The molecule has 94 valence electrons. The summed E-state index contributed by atoms with van der Waals surface area (Å²) >= 11 is 2.15. The van der Waals surface area contributed by atoms with Crippen molar-refractivity contribution in [1.29, 1.82) is 0 Å². The van der Waals surface area contributed by atoms with Gasteiger partial charge in [0.2, 0.25) is 0 Å². The molecule has 2 aromatic rings. The highest BCUT2D eigenvalue weighted by atomic mass is 127. The van der Waals surface area contributed by atoms with E-state index in [0.717, 1.165) is 15.3 Å². The predicted molar refractivity (Wildman–Crippen MR) is 72.8 cm³/mol. The minimum Gasteiger partial charge on any atom is -0.381 e. The topological polar surface area (TPSA) is 12.0 Å². The Morgan fingerprint density at radius 2 is 1.67 bits per heavy atom. The van der Waals surface area contributed by atoms with Gasteiger partial charge in [-0.15, -0.1) is 0 Å². The van der Waals surface area contributed by atoms with Crippen LogP contribution in [0.3, 0.4) is 0 Å². The molecule has 0 amide bonds. The Balaban J connectivity index is 2.13. The molecule has 0 saturated heterocycles. The van der Waals surface area contributed by atoms with E-state index in [2.05, 4.69) is 27.9 Å². The first-order chi connectivity index (χ1) is 8.56. The second kappa shape index (κ2) is 5.60. The third-order valence-electron chi connectivity index (χ3n) is 2.40. The monoisotopic (exact) mass is 363 g/mol. The van der Waals surface area contributed by atoms with Crippen LogP contribution in [-0.2, 0) is 6.54 Å². The van der Waals surface area contributed by atoms with Crippen LogP contribution in [0.1, 0.15) is 5.56 Å². The van der Waals surface area contributed by atoms with Crippen molar-refractivity contribution in [1.82, 2.24) is 0 Å². The average Bonchev–Trinajstić information content (AvgIpc) is 2.32. The molecule has 18 heavy (non-hydrogen) atoms. The van der Waals surface area contributed by atoms with Crippen LogP contribution in [0.5, 0.6) is 0 Å². The van der Waals surface area contributed by atoms with Crippen LogP contribution in [0, 0.1) is 21.0 Å². The number of halogens is 4. The Hall–Kier alpha value is -1.24. The second-order valence-corrected chi connectivity index (χ2v) is 4.97. The zero-order chi connectivity index (χ0) is 13.1. The Morgan fingerprint density at radius 3 is 2.39 bits per heavy atom. The Kier molecular flexibility index (Phi) is 4.11. The molecule has 0 aliphatic heterocycles. The van der Waals surface area contributed by atoms with Gasteiger partial charge in [-0.1, -0.05) is 6.07 Å². The zero-order valence-corrected chi connectivity index (χ0v) is 11.3. The second-order valence-electron chi connectivity index (χ2n) is 3.72. The summed E-state index contributed by atoms with van der Waals surface area (Å²) in [6.45, 7) is 0.100. The first kappa shape index (κ1) is 13.2. The first-order valence-electron chi connectivity index (χ1n) is 5.19. The van der Waals surface area contributed by atoms with Gasteiger partial charge in [-0.3, -0.25) is 0 Å². The summed E-state index contributed by atoms with van der Waals surface area (Å²) in [5.41, 5.74) is 0.888. The highest BCUT2D eigenvalue weighted by Crippen LogP contribution is 2.17. The summed E-state index contributed by atoms with van der Waals surface area (Å²) < 4.78 is 40.1. The highest BCUT2D eigenvalue weighted by Gasteiger charge is 2.09. The highest BCUT2D eigenvalue weighted by molar-refractivity contribution is 14.1. The van der Waals surface area contributed by atoms with Crippen molar-refractivity contribution >= 4 is 28.3 Å². The summed E-state index contributed by atoms with van der Waals surface area (Å²) in [6, 6.07) is 8.89. The molecule has 0 spiro atoms. The molecule has 2 aromatic carbocycles. The summed E-state index contributed by atoms with van der Waals surface area (Å²) in [5.74, 6) is -2.98. The lowest BCUT2D eigenvalue weighted by atomic mass is 10.2. The van der Waals surface area contributed by atoms with E-state index in [9.17, 15) is 13.2 Å². The van der Waals surface area contributed by atoms with E-state index in [4.69, 9.17) is 0 Å². The van der Waals surface area contributed by atoms with Crippen LogP contribution in [0.15, 0.2) is 36.4 Å². The van der Waals surface area contributed by atoms with Crippen LogP contribution >= 0.6 is 22.6 Å². The van der Waals surface area contributed by atoms with Gasteiger partial charge in [-0.2, -0.15) is 0 Å². The molecular weight excluding hydrogens is 354 g/mol. The molecule has 0 radical (unpaired) electrons. The fourth-order valence-corrected chi connectivity index (χ4v) is 2.04. The van der Waals surface area contributed by atoms with Gasteiger partial charge in [-0.05, 0) is 46.9 Å². The van der Waals surface area contributed by atoms with Crippen molar-refractivity contribution in [2.45, 2.75) is 6.54 Å². The average molecular weight is 363 g/mol. The Morgan fingerprint density at radius 1 is 0.944 bits per heavy atom. The maximum atomic E-state index is 13.4. The van der Waals surface area contributed by atoms with Gasteiger partial charge in [0.1, 0.15) is 5.82 Å². The molecule has 0 atom stereocenters. The van der Waals surface area contributed by atoms with Gasteiger partial charge in [-0.25, -0.2) is 13.2 Å². The number of rotatable bonds is 3. The van der Waals surface area contributed by atoms with Crippen molar-refractivity contribution in [2.24, 2.45) is 0 Å². The molecule has 0 saturated carbocycles. The maximum absolute atomic E-state index is 13.4. The number of hydrogen-bond donors (Lipinski definition) is 1. The standard InChI is InChI=1S/C13H9F3IN/c14-11-6-13(16)12(15)4-8(11)7-18-10-3-1-2-9(17)5-10/h1-6,18H,7H2. The molecule has 0 heterocycles. The number of anilines is 1.